The molecule has 0 bridgehead atoms. The van der Waals surface area contributed by atoms with Crippen molar-refractivity contribution in [1.29, 1.82) is 0 Å². The molecule has 0 amide bonds. The molecule has 2 heterocycles. The van der Waals surface area contributed by atoms with Crippen LogP contribution in [0, 0.1) is 0 Å². The summed E-state index contributed by atoms with van der Waals surface area (Å²) in [6, 6.07) is 10.1. The number of carboxylic acids is 1. The number of esters is 1. The maximum absolute atomic E-state index is 12.3. The third kappa shape index (κ3) is 3.38. The van der Waals surface area contributed by atoms with Gasteiger partial charge < -0.3 is 24.1 Å². The smallest absolute Gasteiger partial charge is 0.358 e. The summed E-state index contributed by atoms with van der Waals surface area (Å²) < 4.78 is 23.0. The van der Waals surface area contributed by atoms with Crippen molar-refractivity contribution in [3.8, 4) is 28.4 Å². The van der Waals surface area contributed by atoms with Crippen molar-refractivity contribution in [3.05, 3.63) is 58.8 Å². The van der Waals surface area contributed by atoms with Gasteiger partial charge in [-0.15, -0.1) is 0 Å². The van der Waals surface area contributed by atoms with Crippen LogP contribution in [0.15, 0.2) is 36.4 Å². The van der Waals surface area contributed by atoms with Gasteiger partial charge in [-0.3, -0.25) is 0 Å². The molecule has 0 saturated carbocycles. The number of ether oxygens (including phenoxy) is 4. The van der Waals surface area contributed by atoms with Gasteiger partial charge in [-0.05, 0) is 35.9 Å². The van der Waals surface area contributed by atoms with E-state index in [4.69, 9.17) is 18.9 Å². The highest BCUT2D eigenvalue weighted by Gasteiger charge is 2.28. The first kappa shape index (κ1) is 20.4. The second-order valence-corrected chi connectivity index (χ2v) is 6.74. The average molecular weight is 424 g/mol. The van der Waals surface area contributed by atoms with Crippen LogP contribution < -0.4 is 9.47 Å². The number of methoxy groups -OCH3 is 3. The zero-order chi connectivity index (χ0) is 22.1. The Morgan fingerprint density at radius 1 is 1.03 bits per heavy atom. The van der Waals surface area contributed by atoms with Crippen molar-refractivity contribution in [2.45, 2.75) is 13.2 Å². The van der Waals surface area contributed by atoms with Crippen LogP contribution in [0.1, 0.15) is 32.0 Å². The number of fused-ring (bicyclic) bond motifs is 1. The van der Waals surface area contributed by atoms with Gasteiger partial charge in [0.15, 0.2) is 5.69 Å². The highest BCUT2D eigenvalue weighted by Crippen LogP contribution is 2.41. The zero-order valence-electron chi connectivity index (χ0n) is 17.2. The SMILES string of the molecule is COC(=O)c1cc(-c2c(OC)cccc2OC)n(-c2ccc(C(=O)O)c3c2COC3)n1. The van der Waals surface area contributed by atoms with Gasteiger partial charge in [-0.2, -0.15) is 5.10 Å². The number of carbonyl (C=O) groups is 2. The number of carbonyl (C=O) groups excluding carboxylic acids is 1. The van der Waals surface area contributed by atoms with Gasteiger partial charge in [0.25, 0.3) is 0 Å². The predicted octanol–water partition coefficient (Wildman–Crippen LogP) is 3.07. The Morgan fingerprint density at radius 2 is 1.71 bits per heavy atom. The highest BCUT2D eigenvalue weighted by atomic mass is 16.5. The largest absolute Gasteiger partial charge is 0.496 e. The average Bonchev–Trinajstić information content (AvgIpc) is 3.44. The molecule has 0 fully saturated rings. The topological polar surface area (TPSA) is 109 Å². The van der Waals surface area contributed by atoms with Crippen LogP contribution >= 0.6 is 0 Å². The maximum atomic E-state index is 12.3. The number of aromatic nitrogens is 2. The van der Waals surface area contributed by atoms with E-state index in [-0.39, 0.29) is 24.5 Å². The van der Waals surface area contributed by atoms with Gasteiger partial charge in [-0.25, -0.2) is 14.3 Å². The fraction of sp³-hybridized carbons (Fsp3) is 0.227. The molecule has 0 radical (unpaired) electrons. The molecule has 9 heteroatoms. The van der Waals surface area contributed by atoms with Crippen molar-refractivity contribution in [2.75, 3.05) is 21.3 Å². The summed E-state index contributed by atoms with van der Waals surface area (Å²) in [5, 5.41) is 14.0. The van der Waals surface area contributed by atoms with Crippen molar-refractivity contribution < 1.29 is 33.6 Å². The minimum Gasteiger partial charge on any atom is -0.496 e. The minimum atomic E-state index is -1.03. The first-order valence-corrected chi connectivity index (χ1v) is 9.36. The molecule has 160 valence electrons. The number of hydrogen-bond acceptors (Lipinski definition) is 7. The van der Waals surface area contributed by atoms with Gasteiger partial charge in [0, 0.05) is 5.56 Å². The van der Waals surface area contributed by atoms with Crippen molar-refractivity contribution in [1.82, 2.24) is 9.78 Å². The molecule has 0 spiro atoms. The Hall–Kier alpha value is -3.85. The zero-order valence-corrected chi connectivity index (χ0v) is 17.2. The lowest BCUT2D eigenvalue weighted by Crippen LogP contribution is -2.09. The van der Waals surface area contributed by atoms with Crippen LogP contribution in [0.5, 0.6) is 11.5 Å². The summed E-state index contributed by atoms with van der Waals surface area (Å²) in [6.07, 6.45) is 0. The van der Waals surface area contributed by atoms with Crippen LogP contribution in [0.25, 0.3) is 16.9 Å². The first-order chi connectivity index (χ1) is 15.0. The molecule has 0 atom stereocenters. The van der Waals surface area contributed by atoms with Crippen molar-refractivity contribution in [2.24, 2.45) is 0 Å². The molecule has 0 saturated heterocycles. The van der Waals surface area contributed by atoms with Crippen LogP contribution in [0.4, 0.5) is 0 Å². The van der Waals surface area contributed by atoms with Crippen molar-refractivity contribution in [3.63, 3.8) is 0 Å². The maximum Gasteiger partial charge on any atom is 0.358 e. The van der Waals surface area contributed by atoms with Gasteiger partial charge in [0.05, 0.1) is 57.1 Å². The molecule has 1 aliphatic rings. The monoisotopic (exact) mass is 424 g/mol. The van der Waals surface area contributed by atoms with E-state index in [2.05, 4.69) is 5.10 Å². The van der Waals surface area contributed by atoms with E-state index in [1.54, 1.807) is 35.0 Å². The molecule has 1 N–H and O–H groups in total. The standard InChI is InChI=1S/C22H20N2O7/c1-28-18-5-4-6-19(29-2)20(18)17-9-15(22(27)30-3)23-24(17)16-8-7-12(21(25)26)13-10-31-11-14(13)16/h4-9H,10-11H2,1-3H3,(H,25,26). The Balaban J connectivity index is 2.02. The number of aromatic carboxylic acids is 1. The van der Waals surface area contributed by atoms with Gasteiger partial charge in [-0.1, -0.05) is 6.07 Å². The lowest BCUT2D eigenvalue weighted by atomic mass is 10.0. The van der Waals surface area contributed by atoms with Crippen molar-refractivity contribution >= 4 is 11.9 Å². The van der Waals surface area contributed by atoms with Crippen LogP contribution in [-0.4, -0.2) is 48.2 Å². The van der Waals surface area contributed by atoms with Crippen LogP contribution in [0.3, 0.4) is 0 Å². The molecular weight excluding hydrogens is 404 g/mol. The van der Waals surface area contributed by atoms with Crippen LogP contribution in [-0.2, 0) is 22.7 Å². The molecule has 1 aromatic heterocycles. The normalized spacial score (nSPS) is 12.4. The Labute approximate surface area is 177 Å². The lowest BCUT2D eigenvalue weighted by Gasteiger charge is -2.16. The van der Waals surface area contributed by atoms with Gasteiger partial charge >= 0.3 is 11.9 Å². The second kappa shape index (κ2) is 8.11. The summed E-state index contributed by atoms with van der Waals surface area (Å²) in [5.74, 6) is -0.599. The Morgan fingerprint density at radius 3 is 2.32 bits per heavy atom. The minimum absolute atomic E-state index is 0.0837. The number of rotatable bonds is 6. The Kier molecular flexibility index (Phi) is 5.35. The summed E-state index contributed by atoms with van der Waals surface area (Å²) in [5.41, 5.74) is 3.23. The quantitative estimate of drug-likeness (QED) is 0.602. The number of nitrogens with zero attached hydrogens (tertiary/aromatic N) is 2. The molecule has 2 aromatic carbocycles. The molecular formula is C22H20N2O7. The van der Waals surface area contributed by atoms with Gasteiger partial charge in [0.1, 0.15) is 11.5 Å². The fourth-order valence-electron chi connectivity index (χ4n) is 3.71. The van der Waals surface area contributed by atoms with E-state index in [0.29, 0.717) is 39.6 Å². The predicted molar refractivity (Wildman–Crippen MR) is 109 cm³/mol. The summed E-state index contributed by atoms with van der Waals surface area (Å²) in [4.78, 5) is 23.9. The van der Waals surface area contributed by atoms with Crippen LogP contribution in [0.2, 0.25) is 0 Å². The summed E-state index contributed by atoms with van der Waals surface area (Å²) >= 11 is 0. The molecule has 4 rings (SSSR count). The molecule has 0 unspecified atom stereocenters. The molecule has 31 heavy (non-hydrogen) atoms. The fourth-order valence-corrected chi connectivity index (χ4v) is 3.71. The number of benzene rings is 2. The van der Waals surface area contributed by atoms with Gasteiger partial charge in [0.2, 0.25) is 0 Å². The first-order valence-electron chi connectivity index (χ1n) is 9.36. The van der Waals surface area contributed by atoms with E-state index in [0.717, 1.165) is 0 Å². The molecule has 1 aliphatic heterocycles. The lowest BCUT2D eigenvalue weighted by molar-refractivity contribution is 0.0592. The Bertz CT molecular complexity index is 1160. The molecule has 0 aliphatic carbocycles. The summed E-state index contributed by atoms with van der Waals surface area (Å²) in [7, 11) is 4.35. The molecule has 3 aromatic rings. The van der Waals surface area contributed by atoms with E-state index < -0.39 is 11.9 Å². The van der Waals surface area contributed by atoms with E-state index in [1.165, 1.54) is 27.4 Å². The number of carboxylic acid groups (broad SMARTS) is 1. The third-order valence-corrected chi connectivity index (χ3v) is 5.15. The third-order valence-electron chi connectivity index (χ3n) is 5.15. The highest BCUT2D eigenvalue weighted by molar-refractivity contribution is 5.92. The van der Waals surface area contributed by atoms with E-state index >= 15 is 0 Å². The van der Waals surface area contributed by atoms with E-state index in [9.17, 15) is 14.7 Å². The second-order valence-electron chi connectivity index (χ2n) is 6.74. The van der Waals surface area contributed by atoms with E-state index in [1.807, 2.05) is 0 Å². The summed E-state index contributed by atoms with van der Waals surface area (Å²) in [6.45, 7) is 0.408. The molecule has 9 nitrogen and oxygen atoms in total. The number of hydrogen-bond donors (Lipinski definition) is 1.